The highest BCUT2D eigenvalue weighted by Crippen LogP contribution is 2.27. The molecule has 5 nitrogen and oxygen atoms in total. The molecule has 0 bridgehead atoms. The summed E-state index contributed by atoms with van der Waals surface area (Å²) in [6.45, 7) is 1.91. The van der Waals surface area contributed by atoms with E-state index in [2.05, 4.69) is 9.97 Å². The summed E-state index contributed by atoms with van der Waals surface area (Å²) in [6, 6.07) is 5.47. The number of methoxy groups -OCH3 is 1. The van der Waals surface area contributed by atoms with Gasteiger partial charge in [-0.3, -0.25) is 9.78 Å². The number of hydrogen-bond acceptors (Lipinski definition) is 4. The first-order valence-electron chi connectivity index (χ1n) is 5.92. The number of H-pyrrole nitrogens is 1. The summed E-state index contributed by atoms with van der Waals surface area (Å²) in [5.41, 5.74) is 2.64. The van der Waals surface area contributed by atoms with Crippen LogP contribution in [0.4, 0.5) is 0 Å². The zero-order valence-electron chi connectivity index (χ0n) is 10.8. The molecule has 0 aromatic carbocycles. The zero-order valence-corrected chi connectivity index (χ0v) is 10.8. The molecular weight excluding hydrogens is 244 g/mol. The van der Waals surface area contributed by atoms with Gasteiger partial charge < -0.3 is 9.72 Å². The Labute approximate surface area is 110 Å². The number of nitrogens with one attached hydrogen (secondary N) is 1. The Morgan fingerprint density at radius 2 is 2.26 bits per heavy atom. The van der Waals surface area contributed by atoms with E-state index in [1.165, 1.54) is 7.11 Å². The predicted molar refractivity (Wildman–Crippen MR) is 70.1 cm³/mol. The molecule has 0 amide bonds. The van der Waals surface area contributed by atoms with Gasteiger partial charge in [0.15, 0.2) is 6.29 Å². The molecule has 0 fully saturated rings. The highest BCUT2D eigenvalue weighted by molar-refractivity contribution is 6.01. The van der Waals surface area contributed by atoms with Crippen LogP contribution in [0.25, 0.3) is 11.4 Å². The summed E-state index contributed by atoms with van der Waals surface area (Å²) in [5.74, 6) is -0.516. The summed E-state index contributed by atoms with van der Waals surface area (Å²) in [6.07, 6.45) is 2.88. The minimum atomic E-state index is -0.516. The Morgan fingerprint density at radius 1 is 1.47 bits per heavy atom. The van der Waals surface area contributed by atoms with Gasteiger partial charge in [0.1, 0.15) is 0 Å². The third-order valence-electron chi connectivity index (χ3n) is 2.91. The van der Waals surface area contributed by atoms with Crippen LogP contribution in [0.3, 0.4) is 0 Å². The van der Waals surface area contributed by atoms with Crippen molar-refractivity contribution in [3.05, 3.63) is 41.2 Å². The maximum absolute atomic E-state index is 11.8. The fourth-order valence-electron chi connectivity index (χ4n) is 2.07. The lowest BCUT2D eigenvalue weighted by atomic mass is 10.0. The number of ether oxygens (including phenoxy) is 1. The zero-order chi connectivity index (χ0) is 13.8. The molecule has 0 radical (unpaired) electrons. The second kappa shape index (κ2) is 5.48. The number of aldehydes is 1. The number of pyridine rings is 1. The minimum absolute atomic E-state index is 0.226. The molecule has 0 unspecified atom stereocenters. The van der Waals surface area contributed by atoms with E-state index in [4.69, 9.17) is 4.74 Å². The first-order valence-corrected chi connectivity index (χ1v) is 5.92. The van der Waals surface area contributed by atoms with Gasteiger partial charge in [0.2, 0.25) is 0 Å². The average Bonchev–Trinajstić information content (AvgIpc) is 2.85. The van der Waals surface area contributed by atoms with Gasteiger partial charge in [-0.15, -0.1) is 0 Å². The van der Waals surface area contributed by atoms with Gasteiger partial charge in [0.25, 0.3) is 0 Å². The van der Waals surface area contributed by atoms with Crippen molar-refractivity contribution >= 4 is 12.3 Å². The van der Waals surface area contributed by atoms with E-state index in [1.807, 2.05) is 19.1 Å². The van der Waals surface area contributed by atoms with Crippen LogP contribution in [-0.4, -0.2) is 29.3 Å². The van der Waals surface area contributed by atoms with Crippen molar-refractivity contribution < 1.29 is 14.3 Å². The number of nitrogens with zero attached hydrogens (tertiary/aromatic N) is 1. The lowest BCUT2D eigenvalue weighted by Crippen LogP contribution is -2.06. The summed E-state index contributed by atoms with van der Waals surface area (Å²) in [5, 5.41) is 0. The van der Waals surface area contributed by atoms with E-state index in [-0.39, 0.29) is 5.69 Å². The third kappa shape index (κ3) is 2.27. The smallest absolute Gasteiger partial charge is 0.340 e. The van der Waals surface area contributed by atoms with Gasteiger partial charge in [-0.1, -0.05) is 13.0 Å². The Kier molecular flexibility index (Phi) is 3.75. The number of rotatable bonds is 4. The van der Waals surface area contributed by atoms with Gasteiger partial charge in [0, 0.05) is 6.20 Å². The quantitative estimate of drug-likeness (QED) is 0.674. The van der Waals surface area contributed by atoms with Crippen molar-refractivity contribution in [2.24, 2.45) is 0 Å². The standard InChI is InChI=1S/C14H14N2O3/c1-3-9-12(14(18)19-2)11(8-17)16-13(9)10-6-4-5-7-15-10/h4-8,16H,3H2,1-2H3. The van der Waals surface area contributed by atoms with Crippen LogP contribution in [0.5, 0.6) is 0 Å². The Bertz CT molecular complexity index is 603. The van der Waals surface area contributed by atoms with Crippen molar-refractivity contribution in [2.75, 3.05) is 7.11 Å². The predicted octanol–water partition coefficient (Wildman–Crippen LogP) is 2.24. The number of esters is 1. The number of aromatic amines is 1. The van der Waals surface area contributed by atoms with Crippen molar-refractivity contribution in [3.8, 4) is 11.4 Å². The first kappa shape index (κ1) is 13.0. The molecule has 0 atom stereocenters. The third-order valence-corrected chi connectivity index (χ3v) is 2.91. The number of carbonyl (C=O) groups is 2. The minimum Gasteiger partial charge on any atom is -0.465 e. The van der Waals surface area contributed by atoms with Gasteiger partial charge in [-0.25, -0.2) is 4.79 Å². The van der Waals surface area contributed by atoms with Crippen molar-refractivity contribution in [2.45, 2.75) is 13.3 Å². The van der Waals surface area contributed by atoms with Crippen LogP contribution >= 0.6 is 0 Å². The lowest BCUT2D eigenvalue weighted by Gasteiger charge is -2.03. The van der Waals surface area contributed by atoms with E-state index < -0.39 is 5.97 Å². The first-order chi connectivity index (χ1) is 9.22. The molecule has 5 heteroatoms. The Morgan fingerprint density at radius 3 is 2.79 bits per heavy atom. The van der Waals surface area contributed by atoms with Crippen LogP contribution in [-0.2, 0) is 11.2 Å². The molecule has 2 aromatic heterocycles. The van der Waals surface area contributed by atoms with Gasteiger partial charge in [-0.2, -0.15) is 0 Å². The van der Waals surface area contributed by atoms with Crippen LogP contribution in [0.15, 0.2) is 24.4 Å². The number of hydrogen-bond donors (Lipinski definition) is 1. The van der Waals surface area contributed by atoms with Crippen LogP contribution in [0.1, 0.15) is 33.3 Å². The van der Waals surface area contributed by atoms with Crippen molar-refractivity contribution in [3.63, 3.8) is 0 Å². The monoisotopic (exact) mass is 258 g/mol. The van der Waals surface area contributed by atoms with Gasteiger partial charge in [0.05, 0.1) is 29.8 Å². The number of aromatic nitrogens is 2. The molecule has 1 N–H and O–H groups in total. The summed E-state index contributed by atoms with van der Waals surface area (Å²) >= 11 is 0. The summed E-state index contributed by atoms with van der Waals surface area (Å²) in [4.78, 5) is 30.1. The van der Waals surface area contributed by atoms with E-state index >= 15 is 0 Å². The maximum atomic E-state index is 11.8. The van der Waals surface area contributed by atoms with Gasteiger partial charge >= 0.3 is 5.97 Å². The molecule has 0 spiro atoms. The molecule has 2 rings (SSSR count). The van der Waals surface area contributed by atoms with Crippen LogP contribution < -0.4 is 0 Å². The molecule has 2 heterocycles. The SMILES string of the molecule is CCc1c(-c2ccccn2)[nH]c(C=O)c1C(=O)OC. The van der Waals surface area contributed by atoms with Gasteiger partial charge in [-0.05, 0) is 24.1 Å². The molecule has 0 aliphatic heterocycles. The molecular formula is C14H14N2O3. The Hall–Kier alpha value is -2.43. The molecule has 98 valence electrons. The lowest BCUT2D eigenvalue weighted by molar-refractivity contribution is 0.0597. The molecule has 0 saturated carbocycles. The highest BCUT2D eigenvalue weighted by Gasteiger charge is 2.23. The van der Waals surface area contributed by atoms with Crippen molar-refractivity contribution in [1.82, 2.24) is 9.97 Å². The molecule has 0 saturated heterocycles. The largest absolute Gasteiger partial charge is 0.465 e. The summed E-state index contributed by atoms with van der Waals surface area (Å²) < 4.78 is 4.73. The van der Waals surface area contributed by atoms with E-state index in [0.29, 0.717) is 29.7 Å². The van der Waals surface area contributed by atoms with E-state index in [1.54, 1.807) is 12.3 Å². The normalized spacial score (nSPS) is 10.2. The van der Waals surface area contributed by atoms with E-state index in [9.17, 15) is 9.59 Å². The molecule has 19 heavy (non-hydrogen) atoms. The average molecular weight is 258 g/mol. The fourth-order valence-corrected chi connectivity index (χ4v) is 2.07. The highest BCUT2D eigenvalue weighted by atomic mass is 16.5. The van der Waals surface area contributed by atoms with Crippen LogP contribution in [0, 0.1) is 0 Å². The van der Waals surface area contributed by atoms with Crippen LogP contribution in [0.2, 0.25) is 0 Å². The molecule has 2 aromatic rings. The topological polar surface area (TPSA) is 72.0 Å². The van der Waals surface area contributed by atoms with Crippen molar-refractivity contribution in [1.29, 1.82) is 0 Å². The summed E-state index contributed by atoms with van der Waals surface area (Å²) in [7, 11) is 1.30. The second-order valence-electron chi connectivity index (χ2n) is 3.95. The van der Waals surface area contributed by atoms with E-state index in [0.717, 1.165) is 5.56 Å². The fraction of sp³-hybridized carbons (Fsp3) is 0.214. The molecule has 0 aliphatic rings. The second-order valence-corrected chi connectivity index (χ2v) is 3.95. The maximum Gasteiger partial charge on any atom is 0.340 e. The Balaban J connectivity index is 2.67. The molecule has 0 aliphatic carbocycles. The number of carbonyl (C=O) groups excluding carboxylic acids is 2.